The fourth-order valence-corrected chi connectivity index (χ4v) is 2.49. The summed E-state index contributed by atoms with van der Waals surface area (Å²) < 4.78 is 5.10. The molecule has 1 aliphatic carbocycles. The van der Waals surface area contributed by atoms with Gasteiger partial charge in [-0.2, -0.15) is 0 Å². The maximum atomic E-state index is 6.09. The lowest BCUT2D eigenvalue weighted by molar-refractivity contribution is 0.397. The van der Waals surface area contributed by atoms with E-state index in [0.29, 0.717) is 23.2 Å². The molecule has 0 spiro atoms. The number of aromatic nitrogens is 4. The van der Waals surface area contributed by atoms with Crippen LogP contribution in [0.2, 0.25) is 0 Å². The van der Waals surface area contributed by atoms with E-state index < -0.39 is 0 Å². The molecule has 2 aromatic heterocycles. The van der Waals surface area contributed by atoms with E-state index in [4.69, 9.17) is 10.5 Å². The monoisotopic (exact) mass is 271 g/mol. The molecule has 0 radical (unpaired) electrons. The first-order chi connectivity index (χ1) is 9.78. The molecule has 0 fully saturated rings. The van der Waals surface area contributed by atoms with Gasteiger partial charge in [-0.05, 0) is 25.7 Å². The molecule has 0 atom stereocenters. The number of nitrogens with zero attached hydrogens (tertiary/aromatic N) is 4. The second kappa shape index (κ2) is 5.40. The standard InChI is InChI=1S/C14H17N5O/c1-20-12-7-11(16-8-17-12)14-18-10-6-4-2-3-5-9(10)13(15)19-14/h7-8H,2-6H2,1H3,(H2,15,18,19). The van der Waals surface area contributed by atoms with Gasteiger partial charge in [-0.25, -0.2) is 19.9 Å². The Balaban J connectivity index is 2.06. The lowest BCUT2D eigenvalue weighted by Gasteiger charge is -2.10. The van der Waals surface area contributed by atoms with Crippen molar-refractivity contribution < 1.29 is 4.74 Å². The van der Waals surface area contributed by atoms with Gasteiger partial charge in [-0.15, -0.1) is 0 Å². The first kappa shape index (κ1) is 12.8. The zero-order valence-corrected chi connectivity index (χ0v) is 11.5. The SMILES string of the molecule is COc1cc(-c2nc(N)c3c(n2)CCCCC3)ncn1. The van der Waals surface area contributed by atoms with E-state index in [2.05, 4.69) is 19.9 Å². The number of ether oxygens (including phenoxy) is 1. The Hall–Kier alpha value is -2.24. The summed E-state index contributed by atoms with van der Waals surface area (Å²) in [7, 11) is 1.57. The third-order valence-electron chi connectivity index (χ3n) is 3.55. The maximum absolute atomic E-state index is 6.09. The number of rotatable bonds is 2. The topological polar surface area (TPSA) is 86.8 Å². The maximum Gasteiger partial charge on any atom is 0.216 e. The predicted molar refractivity (Wildman–Crippen MR) is 75.3 cm³/mol. The summed E-state index contributed by atoms with van der Waals surface area (Å²) in [6.07, 6.45) is 6.88. The largest absolute Gasteiger partial charge is 0.481 e. The summed E-state index contributed by atoms with van der Waals surface area (Å²) in [4.78, 5) is 17.2. The molecule has 0 bridgehead atoms. The molecule has 20 heavy (non-hydrogen) atoms. The molecule has 6 nitrogen and oxygen atoms in total. The quantitative estimate of drug-likeness (QED) is 0.838. The van der Waals surface area contributed by atoms with Crippen molar-refractivity contribution >= 4 is 5.82 Å². The molecule has 0 saturated carbocycles. The van der Waals surface area contributed by atoms with Crippen LogP contribution in [0.3, 0.4) is 0 Å². The zero-order valence-electron chi connectivity index (χ0n) is 11.5. The van der Waals surface area contributed by atoms with Crippen LogP contribution in [0, 0.1) is 0 Å². The Morgan fingerprint density at radius 1 is 1.10 bits per heavy atom. The van der Waals surface area contributed by atoms with Gasteiger partial charge in [-0.1, -0.05) is 6.42 Å². The van der Waals surface area contributed by atoms with E-state index in [0.717, 1.165) is 36.9 Å². The van der Waals surface area contributed by atoms with E-state index in [1.54, 1.807) is 13.2 Å². The van der Waals surface area contributed by atoms with Crippen molar-refractivity contribution in [2.45, 2.75) is 32.1 Å². The Morgan fingerprint density at radius 2 is 1.95 bits per heavy atom. The number of methoxy groups -OCH3 is 1. The van der Waals surface area contributed by atoms with E-state index in [1.807, 2.05) is 0 Å². The third-order valence-corrected chi connectivity index (χ3v) is 3.55. The Bertz CT molecular complexity index is 629. The normalized spacial score (nSPS) is 14.4. The van der Waals surface area contributed by atoms with Crippen molar-refractivity contribution in [2.75, 3.05) is 12.8 Å². The van der Waals surface area contributed by atoms with Gasteiger partial charge in [0, 0.05) is 17.3 Å². The summed E-state index contributed by atoms with van der Waals surface area (Å²) in [6, 6.07) is 1.72. The lowest BCUT2D eigenvalue weighted by Crippen LogP contribution is -2.07. The molecule has 2 aromatic rings. The van der Waals surface area contributed by atoms with Crippen molar-refractivity contribution in [2.24, 2.45) is 0 Å². The summed E-state index contributed by atoms with van der Waals surface area (Å²) in [5.74, 6) is 1.61. The molecule has 1 aliphatic rings. The molecule has 2 N–H and O–H groups in total. The van der Waals surface area contributed by atoms with Crippen molar-refractivity contribution in [1.29, 1.82) is 0 Å². The molecule has 2 heterocycles. The van der Waals surface area contributed by atoms with Crippen LogP contribution in [0.5, 0.6) is 5.88 Å². The number of anilines is 1. The average Bonchev–Trinajstić information content (AvgIpc) is 2.73. The predicted octanol–water partition coefficient (Wildman–Crippen LogP) is 1.79. The van der Waals surface area contributed by atoms with E-state index in [9.17, 15) is 0 Å². The van der Waals surface area contributed by atoms with Gasteiger partial charge in [0.05, 0.1) is 7.11 Å². The summed E-state index contributed by atoms with van der Waals surface area (Å²) in [5.41, 5.74) is 8.89. The van der Waals surface area contributed by atoms with E-state index in [-0.39, 0.29) is 0 Å². The Kier molecular flexibility index (Phi) is 3.45. The molecule has 0 unspecified atom stereocenters. The van der Waals surface area contributed by atoms with Gasteiger partial charge in [0.25, 0.3) is 0 Å². The lowest BCUT2D eigenvalue weighted by atomic mass is 10.1. The number of hydrogen-bond acceptors (Lipinski definition) is 6. The second-order valence-electron chi connectivity index (χ2n) is 4.86. The second-order valence-corrected chi connectivity index (χ2v) is 4.86. The van der Waals surface area contributed by atoms with Crippen LogP contribution in [0.25, 0.3) is 11.5 Å². The van der Waals surface area contributed by atoms with Crippen LogP contribution in [0.15, 0.2) is 12.4 Å². The summed E-state index contributed by atoms with van der Waals surface area (Å²) in [6.45, 7) is 0. The highest BCUT2D eigenvalue weighted by Crippen LogP contribution is 2.26. The molecule has 6 heteroatoms. The van der Waals surface area contributed by atoms with Gasteiger partial charge in [-0.3, -0.25) is 0 Å². The fourth-order valence-electron chi connectivity index (χ4n) is 2.49. The van der Waals surface area contributed by atoms with Crippen LogP contribution in [0.4, 0.5) is 5.82 Å². The minimum Gasteiger partial charge on any atom is -0.481 e. The first-order valence-electron chi connectivity index (χ1n) is 6.79. The molecular weight excluding hydrogens is 254 g/mol. The van der Waals surface area contributed by atoms with Crippen molar-refractivity contribution in [3.8, 4) is 17.4 Å². The molecule has 104 valence electrons. The van der Waals surface area contributed by atoms with Gasteiger partial charge < -0.3 is 10.5 Å². The van der Waals surface area contributed by atoms with Gasteiger partial charge in [0.1, 0.15) is 17.8 Å². The van der Waals surface area contributed by atoms with Crippen molar-refractivity contribution in [3.05, 3.63) is 23.7 Å². The summed E-state index contributed by atoms with van der Waals surface area (Å²) in [5, 5.41) is 0. The molecule has 0 amide bonds. The highest BCUT2D eigenvalue weighted by atomic mass is 16.5. The van der Waals surface area contributed by atoms with Crippen LogP contribution in [-0.4, -0.2) is 27.0 Å². The Labute approximate surface area is 117 Å². The number of nitrogens with two attached hydrogens (primary N) is 1. The highest BCUT2D eigenvalue weighted by molar-refractivity contribution is 5.56. The van der Waals surface area contributed by atoms with Crippen LogP contribution in [0.1, 0.15) is 30.5 Å². The molecule has 3 rings (SSSR count). The summed E-state index contributed by atoms with van der Waals surface area (Å²) >= 11 is 0. The van der Waals surface area contributed by atoms with E-state index in [1.165, 1.54) is 12.7 Å². The number of nitrogen functional groups attached to an aromatic ring is 1. The molecular formula is C14H17N5O. The molecule has 0 aliphatic heterocycles. The molecule has 0 aromatic carbocycles. The fraction of sp³-hybridized carbons (Fsp3) is 0.429. The van der Waals surface area contributed by atoms with Gasteiger partial charge in [0.2, 0.25) is 5.88 Å². The number of aryl methyl sites for hydroxylation is 1. The minimum absolute atomic E-state index is 0.493. The Morgan fingerprint density at radius 3 is 2.80 bits per heavy atom. The smallest absolute Gasteiger partial charge is 0.216 e. The van der Waals surface area contributed by atoms with Gasteiger partial charge in [0.15, 0.2) is 5.82 Å². The van der Waals surface area contributed by atoms with Crippen LogP contribution >= 0.6 is 0 Å². The van der Waals surface area contributed by atoms with Crippen molar-refractivity contribution in [3.63, 3.8) is 0 Å². The highest BCUT2D eigenvalue weighted by Gasteiger charge is 2.16. The average molecular weight is 271 g/mol. The van der Waals surface area contributed by atoms with Crippen LogP contribution in [-0.2, 0) is 12.8 Å². The van der Waals surface area contributed by atoms with Gasteiger partial charge >= 0.3 is 0 Å². The van der Waals surface area contributed by atoms with E-state index >= 15 is 0 Å². The minimum atomic E-state index is 0.493. The number of hydrogen-bond donors (Lipinski definition) is 1. The molecule has 0 saturated heterocycles. The van der Waals surface area contributed by atoms with Crippen LogP contribution < -0.4 is 10.5 Å². The third kappa shape index (κ3) is 2.41. The number of fused-ring (bicyclic) bond motifs is 1. The first-order valence-corrected chi connectivity index (χ1v) is 6.79. The zero-order chi connectivity index (χ0) is 13.9. The van der Waals surface area contributed by atoms with Crippen molar-refractivity contribution in [1.82, 2.24) is 19.9 Å².